The number of benzene rings is 1. The first-order chi connectivity index (χ1) is 6.74. The van der Waals surface area contributed by atoms with Gasteiger partial charge in [0.2, 0.25) is 0 Å². The van der Waals surface area contributed by atoms with Crippen LogP contribution >= 0.6 is 0 Å². The molecule has 0 amide bonds. The molecule has 0 aliphatic heterocycles. The monoisotopic (exact) mass is 212 g/mol. The maximum atomic E-state index is 10.8. The molecule has 5 heteroatoms. The second-order valence-corrected chi connectivity index (χ2v) is 2.96. The van der Waals surface area contributed by atoms with Crippen molar-refractivity contribution < 1.29 is 39.5 Å². The fourth-order valence-electron chi connectivity index (χ4n) is 1.55. The molecule has 0 unspecified atom stereocenters. The molecular formula is C10H9N2NaO2. The molecule has 0 saturated heterocycles. The predicted octanol–water partition coefficient (Wildman–Crippen LogP) is -2.58. The number of aromatic nitrogens is 2. The van der Waals surface area contributed by atoms with E-state index in [0.717, 1.165) is 5.52 Å². The van der Waals surface area contributed by atoms with E-state index in [1.807, 2.05) is 25.1 Å². The van der Waals surface area contributed by atoms with Crippen molar-refractivity contribution in [3.8, 4) is 0 Å². The maximum absolute atomic E-state index is 10.8. The summed E-state index contributed by atoms with van der Waals surface area (Å²) in [5.41, 5.74) is 1.52. The number of carboxylic acids is 1. The number of aromatic carboxylic acids is 1. The van der Waals surface area contributed by atoms with E-state index in [0.29, 0.717) is 12.1 Å². The molecule has 0 aliphatic rings. The number of imidazole rings is 1. The van der Waals surface area contributed by atoms with E-state index in [-0.39, 0.29) is 35.4 Å². The van der Waals surface area contributed by atoms with E-state index in [2.05, 4.69) is 4.98 Å². The first-order valence-electron chi connectivity index (χ1n) is 4.40. The van der Waals surface area contributed by atoms with Gasteiger partial charge in [-0.3, -0.25) is 0 Å². The Bertz CT molecular complexity index is 493. The third kappa shape index (κ3) is 2.07. The fraction of sp³-hybridized carbons (Fsp3) is 0.200. The van der Waals surface area contributed by atoms with Crippen LogP contribution < -0.4 is 34.7 Å². The topological polar surface area (TPSA) is 58.0 Å². The van der Waals surface area contributed by atoms with Crippen molar-refractivity contribution >= 4 is 17.0 Å². The van der Waals surface area contributed by atoms with Gasteiger partial charge in [0.25, 0.3) is 0 Å². The summed E-state index contributed by atoms with van der Waals surface area (Å²) in [6.45, 7) is 2.45. The zero-order valence-corrected chi connectivity index (χ0v) is 10.7. The molecule has 1 aromatic carbocycles. The predicted molar refractivity (Wildman–Crippen MR) is 49.7 cm³/mol. The fourth-order valence-corrected chi connectivity index (χ4v) is 1.55. The van der Waals surface area contributed by atoms with Gasteiger partial charge in [-0.15, -0.1) is 0 Å². The Morgan fingerprint density at radius 1 is 1.47 bits per heavy atom. The zero-order chi connectivity index (χ0) is 10.1. The Hall–Kier alpha value is -0.840. The molecule has 72 valence electrons. The first-order valence-corrected chi connectivity index (χ1v) is 4.40. The van der Waals surface area contributed by atoms with Crippen LogP contribution in [0.1, 0.15) is 17.5 Å². The molecule has 0 atom stereocenters. The molecule has 0 spiro atoms. The molecule has 0 radical (unpaired) electrons. The largest absolute Gasteiger partial charge is 1.00 e. The summed E-state index contributed by atoms with van der Waals surface area (Å²) < 4.78 is 1.63. The molecular weight excluding hydrogens is 203 g/mol. The van der Waals surface area contributed by atoms with Crippen LogP contribution in [-0.4, -0.2) is 15.5 Å². The second-order valence-electron chi connectivity index (χ2n) is 2.96. The summed E-state index contributed by atoms with van der Waals surface area (Å²) in [7, 11) is 0. The number of hydrogen-bond donors (Lipinski definition) is 0. The Labute approximate surface area is 109 Å². The quantitative estimate of drug-likeness (QED) is 0.514. The van der Waals surface area contributed by atoms with Crippen LogP contribution in [0.2, 0.25) is 0 Å². The number of carbonyl (C=O) groups is 1. The van der Waals surface area contributed by atoms with E-state index < -0.39 is 5.97 Å². The van der Waals surface area contributed by atoms with E-state index in [9.17, 15) is 9.90 Å². The van der Waals surface area contributed by atoms with E-state index in [1.165, 1.54) is 0 Å². The molecule has 2 aromatic rings. The molecule has 0 N–H and O–H groups in total. The normalized spacial score (nSPS) is 9.93. The smallest absolute Gasteiger partial charge is 0.542 e. The molecule has 1 aromatic heterocycles. The minimum atomic E-state index is -1.23. The van der Waals surface area contributed by atoms with Crippen molar-refractivity contribution in [3.05, 3.63) is 30.1 Å². The van der Waals surface area contributed by atoms with Gasteiger partial charge in [-0.25, -0.2) is 4.98 Å². The minimum absolute atomic E-state index is 0. The van der Waals surface area contributed by atoms with Gasteiger partial charge in [0.05, 0.1) is 11.0 Å². The van der Waals surface area contributed by atoms with Crippen LogP contribution in [0, 0.1) is 0 Å². The van der Waals surface area contributed by atoms with Crippen molar-refractivity contribution in [1.82, 2.24) is 9.55 Å². The van der Waals surface area contributed by atoms with Crippen molar-refractivity contribution in [3.63, 3.8) is 0 Å². The van der Waals surface area contributed by atoms with Crippen molar-refractivity contribution in [2.75, 3.05) is 0 Å². The van der Waals surface area contributed by atoms with Gasteiger partial charge < -0.3 is 14.5 Å². The Morgan fingerprint density at radius 3 is 2.73 bits per heavy atom. The van der Waals surface area contributed by atoms with Crippen LogP contribution in [0.15, 0.2) is 24.3 Å². The third-order valence-electron chi connectivity index (χ3n) is 2.15. The van der Waals surface area contributed by atoms with Crippen LogP contribution in [0.3, 0.4) is 0 Å². The van der Waals surface area contributed by atoms with E-state index >= 15 is 0 Å². The molecule has 1 heterocycles. The number of carboxylic acid groups (broad SMARTS) is 1. The second kappa shape index (κ2) is 4.79. The average Bonchev–Trinajstić information content (AvgIpc) is 2.56. The molecule has 0 aliphatic carbocycles. The number of fused-ring (bicyclic) bond motifs is 1. The molecule has 4 nitrogen and oxygen atoms in total. The zero-order valence-electron chi connectivity index (χ0n) is 8.73. The van der Waals surface area contributed by atoms with Crippen molar-refractivity contribution in [1.29, 1.82) is 0 Å². The van der Waals surface area contributed by atoms with E-state index in [1.54, 1.807) is 10.6 Å². The molecule has 15 heavy (non-hydrogen) atoms. The average molecular weight is 212 g/mol. The summed E-state index contributed by atoms with van der Waals surface area (Å²) in [4.78, 5) is 14.7. The number of para-hydroxylation sites is 2. The minimum Gasteiger partial charge on any atom is -0.542 e. The summed E-state index contributed by atoms with van der Waals surface area (Å²) in [6, 6.07) is 7.32. The summed E-state index contributed by atoms with van der Waals surface area (Å²) in [5.74, 6) is -1.24. The number of carbonyl (C=O) groups excluding carboxylic acids is 1. The Balaban J connectivity index is 0.00000112. The summed E-state index contributed by atoms with van der Waals surface area (Å²) in [6.07, 6.45) is 0. The van der Waals surface area contributed by atoms with Gasteiger partial charge in [-0.2, -0.15) is 0 Å². The number of hydrogen-bond acceptors (Lipinski definition) is 3. The summed E-state index contributed by atoms with van der Waals surface area (Å²) >= 11 is 0. The van der Waals surface area contributed by atoms with Crippen LogP contribution in [0.4, 0.5) is 0 Å². The number of nitrogens with zero attached hydrogens (tertiary/aromatic N) is 2. The standard InChI is InChI=1S/C10H10N2O2.Na/c1-2-12-8-6-4-3-5-7(8)11-9(12)10(13)14;/h3-6H,2H2,1H3,(H,13,14);/q;+1/p-1. The molecule has 0 saturated carbocycles. The third-order valence-corrected chi connectivity index (χ3v) is 2.15. The molecule has 0 fully saturated rings. The number of rotatable bonds is 2. The van der Waals surface area contributed by atoms with Gasteiger partial charge in [-0.05, 0) is 19.1 Å². The number of aryl methyl sites for hydroxylation is 1. The summed E-state index contributed by atoms with van der Waals surface area (Å²) in [5, 5.41) is 10.8. The van der Waals surface area contributed by atoms with E-state index in [4.69, 9.17) is 0 Å². The molecule has 2 rings (SSSR count). The van der Waals surface area contributed by atoms with Gasteiger partial charge in [0, 0.05) is 6.54 Å². The van der Waals surface area contributed by atoms with Crippen molar-refractivity contribution in [2.45, 2.75) is 13.5 Å². The van der Waals surface area contributed by atoms with Gasteiger partial charge in [0.1, 0.15) is 5.97 Å². The van der Waals surface area contributed by atoms with Gasteiger partial charge in [0.15, 0.2) is 5.82 Å². The Kier molecular flexibility index (Phi) is 3.90. The SMILES string of the molecule is CCn1c(C(=O)[O-])nc2ccccc21.[Na+]. The van der Waals surface area contributed by atoms with Gasteiger partial charge in [-0.1, -0.05) is 12.1 Å². The van der Waals surface area contributed by atoms with Crippen molar-refractivity contribution in [2.24, 2.45) is 0 Å². The molecule has 0 bridgehead atoms. The maximum Gasteiger partial charge on any atom is 1.00 e. The first kappa shape index (κ1) is 12.2. The van der Waals surface area contributed by atoms with Crippen LogP contribution in [0.5, 0.6) is 0 Å². The Morgan fingerprint density at radius 2 is 2.13 bits per heavy atom. The van der Waals surface area contributed by atoms with Gasteiger partial charge >= 0.3 is 29.6 Å². The van der Waals surface area contributed by atoms with Crippen LogP contribution in [0.25, 0.3) is 11.0 Å². The van der Waals surface area contributed by atoms with Crippen LogP contribution in [-0.2, 0) is 6.54 Å².